The van der Waals surface area contributed by atoms with E-state index in [1.165, 1.54) is 6.42 Å². The van der Waals surface area contributed by atoms with Crippen LogP contribution in [0.25, 0.3) is 0 Å². The highest BCUT2D eigenvalue weighted by molar-refractivity contribution is 4.67. The molecule has 0 fully saturated rings. The van der Waals surface area contributed by atoms with Crippen LogP contribution in [0.3, 0.4) is 0 Å². The van der Waals surface area contributed by atoms with Gasteiger partial charge in [-0.3, -0.25) is 0 Å². The number of rotatable bonds is 9. The average molecular weight is 229 g/mol. The molecule has 0 aromatic carbocycles. The van der Waals surface area contributed by atoms with Gasteiger partial charge in [0.25, 0.3) is 0 Å². The van der Waals surface area contributed by atoms with Crippen molar-refractivity contribution in [3.63, 3.8) is 0 Å². The van der Waals surface area contributed by atoms with Crippen LogP contribution in [0.2, 0.25) is 0 Å². The molecule has 0 aliphatic carbocycles. The normalized spacial score (nSPS) is 14.1. The summed E-state index contributed by atoms with van der Waals surface area (Å²) in [6, 6.07) is 0.618. The fourth-order valence-electron chi connectivity index (χ4n) is 1.44. The van der Waals surface area contributed by atoms with Crippen LogP contribution >= 0.6 is 0 Å². The lowest BCUT2D eigenvalue weighted by molar-refractivity contribution is 0.224. The van der Waals surface area contributed by atoms with E-state index in [0.717, 1.165) is 32.1 Å². The monoisotopic (exact) mass is 229 g/mol. The third kappa shape index (κ3) is 9.13. The summed E-state index contributed by atoms with van der Waals surface area (Å²) in [5.74, 6) is 0.800. The van der Waals surface area contributed by atoms with Gasteiger partial charge in [0.15, 0.2) is 0 Å². The molecule has 1 atom stereocenters. The molecule has 0 saturated heterocycles. The second kappa shape index (κ2) is 8.97. The van der Waals surface area contributed by atoms with Crippen LogP contribution < -0.4 is 5.32 Å². The molecule has 0 amide bonds. The first-order chi connectivity index (χ1) is 7.43. The zero-order valence-electron chi connectivity index (χ0n) is 12.1. The van der Waals surface area contributed by atoms with Crippen molar-refractivity contribution in [3.8, 4) is 0 Å². The maximum atomic E-state index is 3.53. The fraction of sp³-hybridized carbons (Fsp3) is 1.00. The molecule has 0 heterocycles. The van der Waals surface area contributed by atoms with Crippen molar-refractivity contribution in [2.45, 2.75) is 33.2 Å². The number of nitrogens with one attached hydrogen (secondary N) is 1. The lowest BCUT2D eigenvalue weighted by atomic mass is 10.1. The van der Waals surface area contributed by atoms with E-state index in [4.69, 9.17) is 0 Å². The third-order valence-corrected chi connectivity index (χ3v) is 2.99. The molecule has 1 N–H and O–H groups in total. The van der Waals surface area contributed by atoms with E-state index in [1.54, 1.807) is 0 Å². The third-order valence-electron chi connectivity index (χ3n) is 2.99. The van der Waals surface area contributed by atoms with Crippen LogP contribution in [0.15, 0.2) is 0 Å². The predicted molar refractivity (Wildman–Crippen MR) is 73.0 cm³/mol. The number of nitrogens with zero attached hydrogens (tertiary/aromatic N) is 2. The molecule has 1 unspecified atom stereocenters. The van der Waals surface area contributed by atoms with Crippen molar-refractivity contribution < 1.29 is 0 Å². The number of hydrogen-bond acceptors (Lipinski definition) is 3. The van der Waals surface area contributed by atoms with Crippen LogP contribution in [0.5, 0.6) is 0 Å². The summed E-state index contributed by atoms with van der Waals surface area (Å²) in [4.78, 5) is 4.65. The quantitative estimate of drug-likeness (QED) is 0.605. The molecule has 3 nitrogen and oxygen atoms in total. The SMILES string of the molecule is CC(C)CCNCC(C)N(C)CCN(C)C. The number of hydrogen-bond donors (Lipinski definition) is 1. The van der Waals surface area contributed by atoms with Crippen molar-refractivity contribution in [2.75, 3.05) is 47.3 Å². The van der Waals surface area contributed by atoms with Crippen molar-refractivity contribution in [3.05, 3.63) is 0 Å². The van der Waals surface area contributed by atoms with Gasteiger partial charge in [-0.25, -0.2) is 0 Å². The smallest absolute Gasteiger partial charge is 0.0189 e. The molecule has 0 aromatic rings. The van der Waals surface area contributed by atoms with Gasteiger partial charge in [-0.05, 0) is 47.0 Å². The molecule has 0 radical (unpaired) electrons. The van der Waals surface area contributed by atoms with Gasteiger partial charge in [0.1, 0.15) is 0 Å². The Labute approximate surface area is 102 Å². The fourth-order valence-corrected chi connectivity index (χ4v) is 1.44. The van der Waals surface area contributed by atoms with Gasteiger partial charge in [0.05, 0.1) is 0 Å². The Morgan fingerprint density at radius 2 is 1.62 bits per heavy atom. The summed E-state index contributed by atoms with van der Waals surface area (Å²) in [7, 11) is 6.46. The first-order valence-corrected chi connectivity index (χ1v) is 6.49. The van der Waals surface area contributed by atoms with E-state index in [0.29, 0.717) is 6.04 Å². The average Bonchev–Trinajstić information content (AvgIpc) is 2.20. The minimum Gasteiger partial charge on any atom is -0.315 e. The van der Waals surface area contributed by atoms with Crippen molar-refractivity contribution >= 4 is 0 Å². The Morgan fingerprint density at radius 3 is 2.12 bits per heavy atom. The first kappa shape index (κ1) is 15.9. The summed E-state index contributed by atoms with van der Waals surface area (Å²) < 4.78 is 0. The Hall–Kier alpha value is -0.120. The lowest BCUT2D eigenvalue weighted by Gasteiger charge is -2.26. The van der Waals surface area contributed by atoms with E-state index in [9.17, 15) is 0 Å². The van der Waals surface area contributed by atoms with Gasteiger partial charge in [0.2, 0.25) is 0 Å². The molecule has 0 aromatic heterocycles. The summed E-state index contributed by atoms with van der Waals surface area (Å²) in [6.07, 6.45) is 1.27. The van der Waals surface area contributed by atoms with Gasteiger partial charge >= 0.3 is 0 Å². The number of likely N-dealkylation sites (N-methyl/N-ethyl adjacent to an activating group) is 2. The summed E-state index contributed by atoms with van der Waals surface area (Å²) in [5.41, 5.74) is 0. The Bertz CT molecular complexity index is 157. The molecule has 0 rings (SSSR count). The van der Waals surface area contributed by atoms with E-state index in [2.05, 4.69) is 57.0 Å². The van der Waals surface area contributed by atoms with Crippen LogP contribution in [0.4, 0.5) is 0 Å². The standard InChI is InChI=1S/C13H31N3/c1-12(2)7-8-14-11-13(3)16(6)10-9-15(4)5/h12-14H,7-11H2,1-6H3. The van der Waals surface area contributed by atoms with Crippen LogP contribution in [-0.4, -0.2) is 63.2 Å². The highest BCUT2D eigenvalue weighted by atomic mass is 15.2. The highest BCUT2D eigenvalue weighted by Crippen LogP contribution is 1.98. The maximum Gasteiger partial charge on any atom is 0.0189 e. The summed E-state index contributed by atoms with van der Waals surface area (Å²) in [6.45, 7) is 11.3. The zero-order valence-corrected chi connectivity index (χ0v) is 12.1. The Balaban J connectivity index is 3.51. The molecule has 98 valence electrons. The molecule has 0 bridgehead atoms. The van der Waals surface area contributed by atoms with Gasteiger partial charge in [-0.2, -0.15) is 0 Å². The van der Waals surface area contributed by atoms with Crippen LogP contribution in [0, 0.1) is 5.92 Å². The van der Waals surface area contributed by atoms with E-state index < -0.39 is 0 Å². The maximum absolute atomic E-state index is 3.53. The molecule has 0 aliphatic rings. The topological polar surface area (TPSA) is 18.5 Å². The second-order valence-corrected chi connectivity index (χ2v) is 5.52. The first-order valence-electron chi connectivity index (χ1n) is 6.49. The van der Waals surface area contributed by atoms with Crippen molar-refractivity contribution in [1.82, 2.24) is 15.1 Å². The largest absolute Gasteiger partial charge is 0.315 e. The minimum absolute atomic E-state index is 0.618. The second-order valence-electron chi connectivity index (χ2n) is 5.52. The van der Waals surface area contributed by atoms with Gasteiger partial charge in [0, 0.05) is 25.7 Å². The Kier molecular flexibility index (Phi) is 8.90. The lowest BCUT2D eigenvalue weighted by Crippen LogP contribution is -2.41. The van der Waals surface area contributed by atoms with Crippen LogP contribution in [-0.2, 0) is 0 Å². The predicted octanol–water partition coefficient (Wildman–Crippen LogP) is 1.50. The molecular formula is C13H31N3. The molecule has 3 heteroatoms. The van der Waals surface area contributed by atoms with Gasteiger partial charge < -0.3 is 15.1 Å². The van der Waals surface area contributed by atoms with Crippen LogP contribution in [0.1, 0.15) is 27.2 Å². The summed E-state index contributed by atoms with van der Waals surface area (Å²) in [5, 5.41) is 3.53. The van der Waals surface area contributed by atoms with Gasteiger partial charge in [-0.15, -0.1) is 0 Å². The van der Waals surface area contributed by atoms with Gasteiger partial charge in [-0.1, -0.05) is 13.8 Å². The molecule has 0 saturated carbocycles. The molecule has 16 heavy (non-hydrogen) atoms. The molecule has 0 spiro atoms. The zero-order chi connectivity index (χ0) is 12.6. The molecular weight excluding hydrogens is 198 g/mol. The van der Waals surface area contributed by atoms with E-state index in [-0.39, 0.29) is 0 Å². The molecule has 0 aliphatic heterocycles. The Morgan fingerprint density at radius 1 is 1.00 bits per heavy atom. The highest BCUT2D eigenvalue weighted by Gasteiger charge is 2.08. The van der Waals surface area contributed by atoms with E-state index >= 15 is 0 Å². The van der Waals surface area contributed by atoms with E-state index in [1.807, 2.05) is 0 Å². The summed E-state index contributed by atoms with van der Waals surface area (Å²) >= 11 is 0. The van der Waals surface area contributed by atoms with Crippen molar-refractivity contribution in [2.24, 2.45) is 5.92 Å². The van der Waals surface area contributed by atoms with Crippen molar-refractivity contribution in [1.29, 1.82) is 0 Å². The minimum atomic E-state index is 0.618.